The predicted octanol–water partition coefficient (Wildman–Crippen LogP) is 2.66. The molecule has 0 aliphatic rings. The minimum Gasteiger partial charge on any atom is -0.399 e. The van der Waals surface area contributed by atoms with E-state index in [1.807, 2.05) is 0 Å². The highest BCUT2D eigenvalue weighted by Crippen LogP contribution is 2.12. The topological polar surface area (TPSA) is 55.1 Å². The van der Waals surface area contributed by atoms with E-state index in [2.05, 4.69) is 5.32 Å². The summed E-state index contributed by atoms with van der Waals surface area (Å²) in [6.45, 7) is 0. The number of carbonyl (C=O) groups excluding carboxylic acids is 1. The fraction of sp³-hybridized carbons (Fsp3) is 0. The van der Waals surface area contributed by atoms with Gasteiger partial charge in [0.25, 0.3) is 5.91 Å². The van der Waals surface area contributed by atoms with Crippen molar-refractivity contribution >= 4 is 17.3 Å². The van der Waals surface area contributed by atoms with Crippen molar-refractivity contribution in [3.8, 4) is 0 Å². The summed E-state index contributed by atoms with van der Waals surface area (Å²) >= 11 is 0. The van der Waals surface area contributed by atoms with Crippen LogP contribution in [0.5, 0.6) is 0 Å². The number of benzene rings is 2. The Morgan fingerprint density at radius 3 is 2.47 bits per heavy atom. The van der Waals surface area contributed by atoms with Crippen LogP contribution < -0.4 is 11.1 Å². The third-order valence-electron chi connectivity index (χ3n) is 2.25. The molecule has 0 saturated carbocycles. The van der Waals surface area contributed by atoms with Gasteiger partial charge in [-0.1, -0.05) is 6.07 Å². The van der Waals surface area contributed by atoms with Crippen molar-refractivity contribution in [2.45, 2.75) is 0 Å². The van der Waals surface area contributed by atoms with Crippen molar-refractivity contribution in [1.82, 2.24) is 0 Å². The Hall–Kier alpha value is -2.36. The normalized spacial score (nSPS) is 9.94. The first-order valence-electron chi connectivity index (χ1n) is 5.07. The maximum atomic E-state index is 12.7. The second-order valence-corrected chi connectivity index (χ2v) is 3.59. The van der Waals surface area contributed by atoms with Gasteiger partial charge in [-0.3, -0.25) is 4.79 Å². The van der Waals surface area contributed by atoms with Gasteiger partial charge in [0.1, 0.15) is 5.82 Å². The molecule has 0 radical (unpaired) electrons. The number of amides is 1. The van der Waals surface area contributed by atoms with E-state index in [1.54, 1.807) is 24.3 Å². The molecule has 0 atom stereocenters. The van der Waals surface area contributed by atoms with Crippen LogP contribution in [-0.4, -0.2) is 5.91 Å². The smallest absolute Gasteiger partial charge is 0.255 e. The lowest BCUT2D eigenvalue weighted by Crippen LogP contribution is -2.11. The molecular formula is C13H11FN2O. The average Bonchev–Trinajstić information content (AvgIpc) is 2.32. The molecular weight excluding hydrogens is 219 g/mol. The molecule has 0 aliphatic carbocycles. The lowest BCUT2D eigenvalue weighted by atomic mass is 10.2. The maximum Gasteiger partial charge on any atom is 0.255 e. The molecule has 2 aromatic carbocycles. The van der Waals surface area contributed by atoms with Crippen molar-refractivity contribution in [2.75, 3.05) is 11.1 Å². The molecule has 17 heavy (non-hydrogen) atoms. The van der Waals surface area contributed by atoms with Gasteiger partial charge in [0.2, 0.25) is 0 Å². The van der Waals surface area contributed by atoms with Crippen LogP contribution in [0.4, 0.5) is 15.8 Å². The summed E-state index contributed by atoms with van der Waals surface area (Å²) in [5, 5.41) is 2.65. The molecule has 4 heteroatoms. The summed E-state index contributed by atoms with van der Waals surface area (Å²) in [4.78, 5) is 11.8. The van der Waals surface area contributed by atoms with E-state index in [1.165, 1.54) is 24.3 Å². The summed E-state index contributed by atoms with van der Waals surface area (Å²) in [5.74, 6) is -0.615. The Morgan fingerprint density at radius 2 is 1.82 bits per heavy atom. The zero-order valence-electron chi connectivity index (χ0n) is 8.98. The van der Waals surface area contributed by atoms with Crippen LogP contribution in [0, 0.1) is 5.82 Å². The first-order valence-corrected chi connectivity index (χ1v) is 5.07. The number of anilines is 2. The number of nitrogen functional groups attached to an aromatic ring is 1. The second kappa shape index (κ2) is 4.65. The van der Waals surface area contributed by atoms with Crippen LogP contribution in [-0.2, 0) is 0 Å². The zero-order valence-corrected chi connectivity index (χ0v) is 8.98. The van der Waals surface area contributed by atoms with Gasteiger partial charge >= 0.3 is 0 Å². The highest BCUT2D eigenvalue weighted by Gasteiger charge is 2.05. The van der Waals surface area contributed by atoms with Crippen LogP contribution in [0.2, 0.25) is 0 Å². The fourth-order valence-corrected chi connectivity index (χ4v) is 1.42. The third kappa shape index (κ3) is 2.81. The third-order valence-corrected chi connectivity index (χ3v) is 2.25. The van der Waals surface area contributed by atoms with Gasteiger partial charge in [0.15, 0.2) is 0 Å². The SMILES string of the molecule is Nc1cccc(C(=O)Nc2ccc(F)cc2)c1. The Bertz CT molecular complexity index is 537. The van der Waals surface area contributed by atoms with Gasteiger partial charge in [-0.05, 0) is 42.5 Å². The van der Waals surface area contributed by atoms with Crippen LogP contribution in [0.15, 0.2) is 48.5 Å². The Kier molecular flexibility index (Phi) is 3.05. The highest BCUT2D eigenvalue weighted by molar-refractivity contribution is 6.04. The van der Waals surface area contributed by atoms with Gasteiger partial charge in [0, 0.05) is 16.9 Å². The van der Waals surface area contributed by atoms with E-state index >= 15 is 0 Å². The molecule has 3 nitrogen and oxygen atoms in total. The van der Waals surface area contributed by atoms with Crippen molar-refractivity contribution in [1.29, 1.82) is 0 Å². The van der Waals surface area contributed by atoms with Crippen LogP contribution >= 0.6 is 0 Å². The number of halogens is 1. The molecule has 0 spiro atoms. The first kappa shape index (κ1) is 11.1. The number of nitrogens with one attached hydrogen (secondary N) is 1. The first-order chi connectivity index (χ1) is 8.15. The largest absolute Gasteiger partial charge is 0.399 e. The summed E-state index contributed by atoms with van der Waals surface area (Å²) in [7, 11) is 0. The average molecular weight is 230 g/mol. The summed E-state index contributed by atoms with van der Waals surface area (Å²) in [6.07, 6.45) is 0. The molecule has 0 bridgehead atoms. The van der Waals surface area contributed by atoms with Gasteiger partial charge in [-0.15, -0.1) is 0 Å². The predicted molar refractivity (Wildman–Crippen MR) is 65.2 cm³/mol. The Balaban J connectivity index is 2.14. The molecule has 3 N–H and O–H groups in total. The lowest BCUT2D eigenvalue weighted by Gasteiger charge is -2.05. The fourth-order valence-electron chi connectivity index (χ4n) is 1.42. The summed E-state index contributed by atoms with van der Waals surface area (Å²) < 4.78 is 12.7. The molecule has 0 aromatic heterocycles. The number of hydrogen-bond donors (Lipinski definition) is 2. The minimum absolute atomic E-state index is 0.274. The second-order valence-electron chi connectivity index (χ2n) is 3.59. The van der Waals surface area contributed by atoms with Crippen molar-refractivity contribution in [3.05, 3.63) is 59.9 Å². The van der Waals surface area contributed by atoms with Crippen LogP contribution in [0.3, 0.4) is 0 Å². The monoisotopic (exact) mass is 230 g/mol. The van der Waals surface area contributed by atoms with E-state index in [0.717, 1.165) is 0 Å². The molecule has 0 saturated heterocycles. The zero-order chi connectivity index (χ0) is 12.3. The summed E-state index contributed by atoms with van der Waals surface area (Å²) in [5.41, 5.74) is 7.11. The minimum atomic E-state index is -0.341. The van der Waals surface area contributed by atoms with Crippen molar-refractivity contribution < 1.29 is 9.18 Å². The Morgan fingerprint density at radius 1 is 1.12 bits per heavy atom. The lowest BCUT2D eigenvalue weighted by molar-refractivity contribution is 0.102. The molecule has 0 heterocycles. The molecule has 0 fully saturated rings. The number of rotatable bonds is 2. The Labute approximate surface area is 98.1 Å². The van der Waals surface area contributed by atoms with E-state index in [4.69, 9.17) is 5.73 Å². The number of hydrogen-bond acceptors (Lipinski definition) is 2. The van der Waals surface area contributed by atoms with E-state index in [0.29, 0.717) is 16.9 Å². The van der Waals surface area contributed by atoms with Gasteiger partial charge in [-0.2, -0.15) is 0 Å². The molecule has 0 unspecified atom stereocenters. The van der Waals surface area contributed by atoms with E-state index < -0.39 is 0 Å². The molecule has 1 amide bonds. The molecule has 2 aromatic rings. The van der Waals surface area contributed by atoms with Gasteiger partial charge < -0.3 is 11.1 Å². The number of nitrogens with two attached hydrogens (primary N) is 1. The van der Waals surface area contributed by atoms with Crippen LogP contribution in [0.1, 0.15) is 10.4 Å². The highest BCUT2D eigenvalue weighted by atomic mass is 19.1. The van der Waals surface area contributed by atoms with Crippen LogP contribution in [0.25, 0.3) is 0 Å². The molecule has 2 rings (SSSR count). The number of carbonyl (C=O) groups is 1. The molecule has 0 aliphatic heterocycles. The maximum absolute atomic E-state index is 12.7. The van der Waals surface area contributed by atoms with Crippen molar-refractivity contribution in [2.24, 2.45) is 0 Å². The van der Waals surface area contributed by atoms with Crippen molar-refractivity contribution in [3.63, 3.8) is 0 Å². The van der Waals surface area contributed by atoms with E-state index in [9.17, 15) is 9.18 Å². The standard InChI is InChI=1S/C13H11FN2O/c14-10-4-6-12(7-5-10)16-13(17)9-2-1-3-11(15)8-9/h1-8H,15H2,(H,16,17). The molecule has 86 valence electrons. The van der Waals surface area contributed by atoms with E-state index in [-0.39, 0.29) is 11.7 Å². The summed E-state index contributed by atoms with van der Waals surface area (Å²) in [6, 6.07) is 12.2. The quantitative estimate of drug-likeness (QED) is 0.779. The van der Waals surface area contributed by atoms with Gasteiger partial charge in [-0.25, -0.2) is 4.39 Å². The van der Waals surface area contributed by atoms with Gasteiger partial charge in [0.05, 0.1) is 0 Å².